The maximum absolute atomic E-state index is 10.8. The summed E-state index contributed by atoms with van der Waals surface area (Å²) in [6.07, 6.45) is 3.07. The van der Waals surface area contributed by atoms with Crippen LogP contribution in [0.25, 0.3) is 10.9 Å². The van der Waals surface area contributed by atoms with E-state index >= 15 is 0 Å². The smallest absolute Gasteiger partial charge is 0.303 e. The van der Waals surface area contributed by atoms with E-state index in [4.69, 9.17) is 5.11 Å². The van der Waals surface area contributed by atoms with E-state index in [0.29, 0.717) is 0 Å². The van der Waals surface area contributed by atoms with Gasteiger partial charge in [0.25, 0.3) is 0 Å². The fourth-order valence-electron chi connectivity index (χ4n) is 2.88. The van der Waals surface area contributed by atoms with Gasteiger partial charge in [0, 0.05) is 27.5 Å². The molecule has 0 fully saturated rings. The van der Waals surface area contributed by atoms with E-state index in [0.717, 1.165) is 29.3 Å². The molecule has 4 heteroatoms. The van der Waals surface area contributed by atoms with Crippen LogP contribution in [0.3, 0.4) is 0 Å². The van der Waals surface area contributed by atoms with Crippen LogP contribution in [0.4, 0.5) is 0 Å². The van der Waals surface area contributed by atoms with Crippen molar-refractivity contribution in [2.75, 3.05) is 0 Å². The van der Waals surface area contributed by atoms with Gasteiger partial charge in [0.2, 0.25) is 0 Å². The second-order valence-electron chi connectivity index (χ2n) is 4.98. The van der Waals surface area contributed by atoms with Crippen LogP contribution in [0.2, 0.25) is 0 Å². The topological polar surface area (TPSA) is 53.1 Å². The molecular weight excluding hydrogens is 294 g/mol. The number of carbonyl (C=O) groups is 1. The van der Waals surface area contributed by atoms with Gasteiger partial charge in [-0.1, -0.05) is 15.9 Å². The average molecular weight is 308 g/mol. The molecule has 2 aromatic rings. The fraction of sp³-hybridized carbons (Fsp3) is 0.357. The first-order valence-corrected chi connectivity index (χ1v) is 6.93. The van der Waals surface area contributed by atoms with Gasteiger partial charge in [-0.25, -0.2) is 0 Å². The lowest BCUT2D eigenvalue weighted by Crippen LogP contribution is -2.16. The van der Waals surface area contributed by atoms with Crippen molar-refractivity contribution in [3.05, 3.63) is 33.9 Å². The molecule has 94 valence electrons. The molecule has 0 saturated heterocycles. The number of fused-ring (bicyclic) bond motifs is 3. The second-order valence-corrected chi connectivity index (χ2v) is 5.89. The Balaban J connectivity index is 2.00. The molecule has 0 saturated carbocycles. The fourth-order valence-corrected chi connectivity index (χ4v) is 3.24. The molecule has 1 aromatic heterocycles. The lowest BCUT2D eigenvalue weighted by Gasteiger charge is -2.20. The van der Waals surface area contributed by atoms with Crippen molar-refractivity contribution in [2.45, 2.75) is 25.7 Å². The summed E-state index contributed by atoms with van der Waals surface area (Å²) in [5.74, 6) is -0.419. The Morgan fingerprint density at radius 3 is 3.11 bits per heavy atom. The van der Waals surface area contributed by atoms with Gasteiger partial charge in [0.15, 0.2) is 0 Å². The molecule has 1 aliphatic rings. The van der Waals surface area contributed by atoms with Crippen molar-refractivity contribution in [1.29, 1.82) is 0 Å². The summed E-state index contributed by atoms with van der Waals surface area (Å²) >= 11 is 3.49. The van der Waals surface area contributed by atoms with Crippen LogP contribution in [0.15, 0.2) is 22.7 Å². The molecule has 3 rings (SSSR count). The minimum atomic E-state index is -0.690. The first-order chi connectivity index (χ1) is 8.63. The molecule has 3 nitrogen and oxygen atoms in total. The van der Waals surface area contributed by atoms with Crippen molar-refractivity contribution < 1.29 is 9.90 Å². The number of aromatic nitrogens is 1. The molecule has 2 N–H and O–H groups in total. The molecule has 1 atom stereocenters. The van der Waals surface area contributed by atoms with Crippen molar-refractivity contribution in [3.8, 4) is 0 Å². The van der Waals surface area contributed by atoms with E-state index in [-0.39, 0.29) is 12.3 Å². The molecule has 18 heavy (non-hydrogen) atoms. The van der Waals surface area contributed by atoms with Crippen LogP contribution in [0, 0.1) is 5.92 Å². The van der Waals surface area contributed by atoms with Crippen LogP contribution in [-0.2, 0) is 17.6 Å². The number of carboxylic acid groups (broad SMARTS) is 1. The van der Waals surface area contributed by atoms with Gasteiger partial charge < -0.3 is 10.1 Å². The highest BCUT2D eigenvalue weighted by molar-refractivity contribution is 9.10. The number of hydrogen-bond acceptors (Lipinski definition) is 1. The molecule has 0 aliphatic heterocycles. The van der Waals surface area contributed by atoms with Crippen LogP contribution >= 0.6 is 15.9 Å². The SMILES string of the molecule is O=C(O)CC1CCc2[nH]c3ccc(Br)cc3c2C1. The summed E-state index contributed by atoms with van der Waals surface area (Å²) in [6.45, 7) is 0. The number of H-pyrrole nitrogens is 1. The Bertz CT molecular complexity index is 618. The summed E-state index contributed by atoms with van der Waals surface area (Å²) in [5, 5.41) is 10.1. The maximum Gasteiger partial charge on any atom is 0.303 e. The first-order valence-electron chi connectivity index (χ1n) is 6.14. The quantitative estimate of drug-likeness (QED) is 0.892. The molecular formula is C14H14BrNO2. The molecule has 0 bridgehead atoms. The molecule has 1 heterocycles. The lowest BCUT2D eigenvalue weighted by molar-refractivity contribution is -0.138. The van der Waals surface area contributed by atoms with Gasteiger partial charge in [-0.15, -0.1) is 0 Å². The highest BCUT2D eigenvalue weighted by Gasteiger charge is 2.24. The second kappa shape index (κ2) is 4.43. The number of aliphatic carboxylic acids is 1. The zero-order valence-electron chi connectivity index (χ0n) is 9.87. The molecule has 1 unspecified atom stereocenters. The number of carboxylic acids is 1. The van der Waals surface area contributed by atoms with Gasteiger partial charge in [-0.05, 0) is 48.9 Å². The molecule has 1 aromatic carbocycles. The Morgan fingerprint density at radius 1 is 1.50 bits per heavy atom. The van der Waals surface area contributed by atoms with Gasteiger partial charge in [0.1, 0.15) is 0 Å². The van der Waals surface area contributed by atoms with Crippen molar-refractivity contribution in [3.63, 3.8) is 0 Å². The lowest BCUT2D eigenvalue weighted by atomic mass is 9.84. The maximum atomic E-state index is 10.8. The number of rotatable bonds is 2. The van der Waals surface area contributed by atoms with Gasteiger partial charge in [-0.3, -0.25) is 4.79 Å². The Labute approximate surface area is 113 Å². The summed E-state index contributed by atoms with van der Waals surface area (Å²) < 4.78 is 1.07. The molecule has 0 spiro atoms. The highest BCUT2D eigenvalue weighted by Crippen LogP contribution is 2.34. The van der Waals surface area contributed by atoms with Crippen molar-refractivity contribution in [1.82, 2.24) is 4.98 Å². The monoisotopic (exact) mass is 307 g/mol. The zero-order chi connectivity index (χ0) is 12.7. The average Bonchev–Trinajstić information content (AvgIpc) is 2.66. The largest absolute Gasteiger partial charge is 0.481 e. The zero-order valence-corrected chi connectivity index (χ0v) is 11.5. The Kier molecular flexibility index (Phi) is 2.90. The number of aromatic amines is 1. The van der Waals surface area contributed by atoms with E-state index in [1.165, 1.54) is 16.6 Å². The number of halogens is 1. The minimum absolute atomic E-state index is 0.271. The molecule has 1 aliphatic carbocycles. The summed E-state index contributed by atoms with van der Waals surface area (Å²) in [6, 6.07) is 6.22. The third-order valence-corrected chi connectivity index (χ3v) is 4.21. The van der Waals surface area contributed by atoms with E-state index < -0.39 is 5.97 Å². The molecule has 0 radical (unpaired) electrons. The van der Waals surface area contributed by atoms with E-state index in [1.54, 1.807) is 0 Å². The normalized spacial score (nSPS) is 18.8. The third-order valence-electron chi connectivity index (χ3n) is 3.72. The number of nitrogens with one attached hydrogen (secondary N) is 1. The standard InChI is InChI=1S/C14H14BrNO2/c15-9-2-4-13-11(7-9)10-5-8(6-14(17)18)1-3-12(10)16-13/h2,4,7-8,16H,1,3,5-6H2,(H,17,18). The number of aryl methyl sites for hydroxylation is 1. The Morgan fingerprint density at radius 2 is 2.33 bits per heavy atom. The Hall–Kier alpha value is -1.29. The van der Waals surface area contributed by atoms with Gasteiger partial charge >= 0.3 is 5.97 Å². The van der Waals surface area contributed by atoms with Gasteiger partial charge in [0.05, 0.1) is 0 Å². The first kappa shape index (κ1) is 11.8. The van der Waals surface area contributed by atoms with E-state index in [1.807, 2.05) is 6.07 Å². The highest BCUT2D eigenvalue weighted by atomic mass is 79.9. The third kappa shape index (κ3) is 2.05. The summed E-state index contributed by atoms with van der Waals surface area (Å²) in [7, 11) is 0. The van der Waals surface area contributed by atoms with Crippen molar-refractivity contribution in [2.24, 2.45) is 5.92 Å². The van der Waals surface area contributed by atoms with E-state index in [9.17, 15) is 4.79 Å². The summed E-state index contributed by atoms with van der Waals surface area (Å²) in [4.78, 5) is 14.3. The number of hydrogen-bond donors (Lipinski definition) is 2. The van der Waals surface area contributed by atoms with Crippen molar-refractivity contribution >= 4 is 32.8 Å². The molecule has 0 amide bonds. The van der Waals surface area contributed by atoms with Crippen LogP contribution < -0.4 is 0 Å². The predicted octanol–water partition coefficient (Wildman–Crippen LogP) is 3.51. The number of benzene rings is 1. The minimum Gasteiger partial charge on any atom is -0.481 e. The van der Waals surface area contributed by atoms with Crippen LogP contribution in [0.1, 0.15) is 24.1 Å². The predicted molar refractivity (Wildman–Crippen MR) is 73.8 cm³/mol. The van der Waals surface area contributed by atoms with E-state index in [2.05, 4.69) is 33.0 Å². The van der Waals surface area contributed by atoms with Crippen LogP contribution in [0.5, 0.6) is 0 Å². The summed E-state index contributed by atoms with van der Waals surface area (Å²) in [5.41, 5.74) is 3.74. The van der Waals surface area contributed by atoms with Crippen LogP contribution in [-0.4, -0.2) is 16.1 Å². The van der Waals surface area contributed by atoms with Gasteiger partial charge in [-0.2, -0.15) is 0 Å².